The third kappa shape index (κ3) is 4.45. The molecule has 0 aliphatic carbocycles. The Bertz CT molecular complexity index is 724. The fraction of sp³-hybridized carbons (Fsp3) is 0.429. The van der Waals surface area contributed by atoms with Gasteiger partial charge < -0.3 is 10.4 Å². The molecule has 1 aromatic heterocycles. The predicted molar refractivity (Wildman–Crippen MR) is 101 cm³/mol. The zero-order chi connectivity index (χ0) is 18.6. The van der Waals surface area contributed by atoms with Crippen molar-refractivity contribution >= 4 is 5.91 Å². The SMILES string of the molecule is Cc1c(C(=O)NCC(C)(C)C(O)C(C)C)cccc1-c1ccccn1. The number of carbonyl (C=O) groups is 1. The molecular weight excluding hydrogens is 312 g/mol. The zero-order valence-corrected chi connectivity index (χ0v) is 15.7. The molecule has 1 amide bonds. The third-order valence-corrected chi connectivity index (χ3v) is 4.66. The van der Waals surface area contributed by atoms with Crippen LogP contribution in [-0.4, -0.2) is 28.6 Å². The highest BCUT2D eigenvalue weighted by Crippen LogP contribution is 2.26. The number of pyridine rings is 1. The van der Waals surface area contributed by atoms with Gasteiger partial charge in [0.25, 0.3) is 5.91 Å². The van der Waals surface area contributed by atoms with E-state index in [0.29, 0.717) is 12.1 Å². The van der Waals surface area contributed by atoms with Gasteiger partial charge in [-0.3, -0.25) is 9.78 Å². The first-order chi connectivity index (χ1) is 11.7. The van der Waals surface area contributed by atoms with Crippen LogP contribution in [0.5, 0.6) is 0 Å². The van der Waals surface area contributed by atoms with Gasteiger partial charge in [-0.25, -0.2) is 0 Å². The summed E-state index contributed by atoms with van der Waals surface area (Å²) in [4.78, 5) is 17.0. The molecule has 1 unspecified atom stereocenters. The first kappa shape index (κ1) is 19.1. The summed E-state index contributed by atoms with van der Waals surface area (Å²) < 4.78 is 0. The van der Waals surface area contributed by atoms with Crippen LogP contribution in [0.2, 0.25) is 0 Å². The first-order valence-electron chi connectivity index (χ1n) is 8.71. The lowest BCUT2D eigenvalue weighted by Crippen LogP contribution is -2.43. The summed E-state index contributed by atoms with van der Waals surface area (Å²) in [6.07, 6.45) is 1.27. The average Bonchev–Trinajstić information content (AvgIpc) is 2.60. The number of amides is 1. The molecule has 0 saturated heterocycles. The highest BCUT2D eigenvalue weighted by Gasteiger charge is 2.30. The van der Waals surface area contributed by atoms with E-state index in [-0.39, 0.29) is 11.8 Å². The van der Waals surface area contributed by atoms with E-state index in [9.17, 15) is 9.90 Å². The fourth-order valence-electron chi connectivity index (χ4n) is 3.09. The molecule has 2 aromatic rings. The van der Waals surface area contributed by atoms with E-state index in [1.807, 2.05) is 71.0 Å². The summed E-state index contributed by atoms with van der Waals surface area (Å²) in [6, 6.07) is 11.4. The molecule has 1 aromatic carbocycles. The second-order valence-corrected chi connectivity index (χ2v) is 7.55. The molecule has 2 N–H and O–H groups in total. The number of benzene rings is 1. The summed E-state index contributed by atoms with van der Waals surface area (Å²) in [7, 11) is 0. The van der Waals surface area contributed by atoms with Crippen LogP contribution in [0.3, 0.4) is 0 Å². The van der Waals surface area contributed by atoms with E-state index in [4.69, 9.17) is 0 Å². The molecule has 1 heterocycles. The van der Waals surface area contributed by atoms with Gasteiger partial charge >= 0.3 is 0 Å². The summed E-state index contributed by atoms with van der Waals surface area (Å²) >= 11 is 0. The maximum absolute atomic E-state index is 12.7. The van der Waals surface area contributed by atoms with Gasteiger partial charge in [-0.05, 0) is 36.6 Å². The van der Waals surface area contributed by atoms with Gasteiger partial charge in [-0.2, -0.15) is 0 Å². The highest BCUT2D eigenvalue weighted by atomic mass is 16.3. The van der Waals surface area contributed by atoms with Gasteiger partial charge in [0.2, 0.25) is 0 Å². The lowest BCUT2D eigenvalue weighted by atomic mass is 9.80. The normalized spacial score (nSPS) is 12.9. The van der Waals surface area contributed by atoms with Crippen LogP contribution in [0.15, 0.2) is 42.6 Å². The quantitative estimate of drug-likeness (QED) is 0.840. The maximum Gasteiger partial charge on any atom is 0.251 e. The van der Waals surface area contributed by atoms with E-state index in [2.05, 4.69) is 10.3 Å². The topological polar surface area (TPSA) is 62.2 Å². The average molecular weight is 340 g/mol. The minimum absolute atomic E-state index is 0.126. The Labute approximate surface area is 150 Å². The van der Waals surface area contributed by atoms with Gasteiger partial charge in [0.05, 0.1) is 11.8 Å². The number of hydrogen-bond acceptors (Lipinski definition) is 3. The van der Waals surface area contributed by atoms with Crippen molar-refractivity contribution < 1.29 is 9.90 Å². The predicted octanol–water partition coefficient (Wildman–Crippen LogP) is 3.83. The van der Waals surface area contributed by atoms with Crippen LogP contribution >= 0.6 is 0 Å². The van der Waals surface area contributed by atoms with Crippen molar-refractivity contribution in [1.82, 2.24) is 10.3 Å². The number of aliphatic hydroxyl groups excluding tert-OH is 1. The molecule has 0 saturated carbocycles. The van der Waals surface area contributed by atoms with E-state index in [1.54, 1.807) is 6.20 Å². The number of hydrogen-bond donors (Lipinski definition) is 2. The van der Waals surface area contributed by atoms with Crippen LogP contribution in [0, 0.1) is 18.3 Å². The Hall–Kier alpha value is -2.20. The standard InChI is InChI=1S/C21H28N2O2/c1-14(2)19(24)21(4,5)13-23-20(25)17-10-8-9-16(15(17)3)18-11-6-7-12-22-18/h6-12,14,19,24H,13H2,1-5H3,(H,23,25). The second kappa shape index (κ2) is 7.79. The Morgan fingerprint density at radius 1 is 1.20 bits per heavy atom. The fourth-order valence-corrected chi connectivity index (χ4v) is 3.09. The van der Waals surface area contributed by atoms with E-state index in [1.165, 1.54) is 0 Å². The molecule has 134 valence electrons. The van der Waals surface area contributed by atoms with Crippen LogP contribution in [-0.2, 0) is 0 Å². The number of aliphatic hydroxyl groups is 1. The number of nitrogens with one attached hydrogen (secondary N) is 1. The summed E-state index contributed by atoms with van der Waals surface area (Å²) in [5.74, 6) is 0.0143. The van der Waals surface area contributed by atoms with Crippen molar-refractivity contribution in [3.63, 3.8) is 0 Å². The summed E-state index contributed by atoms with van der Waals surface area (Å²) in [5.41, 5.74) is 2.95. The smallest absolute Gasteiger partial charge is 0.251 e. The summed E-state index contributed by atoms with van der Waals surface area (Å²) in [5, 5.41) is 13.3. The van der Waals surface area contributed by atoms with Gasteiger partial charge in [0.1, 0.15) is 0 Å². The molecule has 2 rings (SSSR count). The van der Waals surface area contributed by atoms with Crippen LogP contribution in [0.1, 0.15) is 43.6 Å². The molecule has 1 atom stereocenters. The molecular formula is C21H28N2O2. The number of nitrogens with zero attached hydrogens (tertiary/aromatic N) is 1. The van der Waals surface area contributed by atoms with Gasteiger partial charge in [-0.1, -0.05) is 45.9 Å². The molecule has 4 nitrogen and oxygen atoms in total. The Kier molecular flexibility index (Phi) is 5.96. The molecule has 0 bridgehead atoms. The molecule has 0 radical (unpaired) electrons. The number of carbonyl (C=O) groups excluding carboxylic acids is 1. The Balaban J connectivity index is 2.18. The maximum atomic E-state index is 12.7. The molecule has 25 heavy (non-hydrogen) atoms. The van der Waals surface area contributed by atoms with Crippen molar-refractivity contribution in [2.45, 2.75) is 40.7 Å². The van der Waals surface area contributed by atoms with Crippen molar-refractivity contribution in [3.8, 4) is 11.3 Å². The van der Waals surface area contributed by atoms with Crippen molar-refractivity contribution in [2.24, 2.45) is 11.3 Å². The minimum atomic E-state index is -0.478. The summed E-state index contributed by atoms with van der Waals surface area (Å²) in [6.45, 7) is 10.2. The molecule has 0 spiro atoms. The van der Waals surface area contributed by atoms with Crippen molar-refractivity contribution in [2.75, 3.05) is 6.54 Å². The Morgan fingerprint density at radius 2 is 1.92 bits per heavy atom. The van der Waals surface area contributed by atoms with E-state index < -0.39 is 11.5 Å². The minimum Gasteiger partial charge on any atom is -0.392 e. The van der Waals surface area contributed by atoms with E-state index >= 15 is 0 Å². The lowest BCUT2D eigenvalue weighted by molar-refractivity contribution is 0.0138. The number of aromatic nitrogens is 1. The largest absolute Gasteiger partial charge is 0.392 e. The Morgan fingerprint density at radius 3 is 2.52 bits per heavy atom. The second-order valence-electron chi connectivity index (χ2n) is 7.55. The van der Waals surface area contributed by atoms with E-state index in [0.717, 1.165) is 16.8 Å². The molecule has 4 heteroatoms. The van der Waals surface area contributed by atoms with Gasteiger partial charge in [0.15, 0.2) is 0 Å². The van der Waals surface area contributed by atoms with Crippen LogP contribution < -0.4 is 5.32 Å². The van der Waals surface area contributed by atoms with Crippen molar-refractivity contribution in [1.29, 1.82) is 0 Å². The monoisotopic (exact) mass is 340 g/mol. The first-order valence-corrected chi connectivity index (χ1v) is 8.71. The molecule has 0 aliphatic heterocycles. The zero-order valence-electron chi connectivity index (χ0n) is 15.7. The highest BCUT2D eigenvalue weighted by molar-refractivity contribution is 5.97. The molecule has 0 aliphatic rings. The lowest BCUT2D eigenvalue weighted by Gasteiger charge is -2.33. The van der Waals surface area contributed by atoms with Crippen LogP contribution in [0.4, 0.5) is 0 Å². The van der Waals surface area contributed by atoms with Crippen LogP contribution in [0.25, 0.3) is 11.3 Å². The number of rotatable bonds is 6. The van der Waals surface area contributed by atoms with Gasteiger partial charge in [-0.15, -0.1) is 0 Å². The third-order valence-electron chi connectivity index (χ3n) is 4.66. The van der Waals surface area contributed by atoms with Gasteiger partial charge in [0, 0.05) is 29.3 Å². The molecule has 0 fully saturated rings. The van der Waals surface area contributed by atoms with Crippen molar-refractivity contribution in [3.05, 3.63) is 53.7 Å².